The number of rotatable bonds is 3. The first-order valence-corrected chi connectivity index (χ1v) is 6.98. The number of carbonyl (C=O) groups is 1. The quantitative estimate of drug-likeness (QED) is 0.744. The number of nitrogens with zero attached hydrogens (tertiary/aromatic N) is 2. The van der Waals surface area contributed by atoms with E-state index in [0.29, 0.717) is 0 Å². The molecule has 1 aromatic heterocycles. The number of nitrogen functional groups attached to an aromatic ring is 1. The Morgan fingerprint density at radius 1 is 1.04 bits per heavy atom. The van der Waals surface area contributed by atoms with Gasteiger partial charge < -0.3 is 5.73 Å². The molecule has 0 amide bonds. The van der Waals surface area contributed by atoms with Gasteiger partial charge in [-0.3, -0.25) is 9.36 Å². The van der Waals surface area contributed by atoms with Crippen molar-refractivity contribution < 1.29 is 18.0 Å². The van der Waals surface area contributed by atoms with Crippen LogP contribution in [0.5, 0.6) is 0 Å². The number of anilines is 1. The summed E-state index contributed by atoms with van der Waals surface area (Å²) in [6, 6.07) is 11.6. The summed E-state index contributed by atoms with van der Waals surface area (Å²) in [6.07, 6.45) is -2.07. The summed E-state index contributed by atoms with van der Waals surface area (Å²) < 4.78 is 41.4. The van der Waals surface area contributed by atoms with Gasteiger partial charge in [-0.1, -0.05) is 36.4 Å². The zero-order chi connectivity index (χ0) is 17.3. The molecule has 0 bridgehead atoms. The molecule has 0 aliphatic rings. The van der Waals surface area contributed by atoms with Gasteiger partial charge in [0.25, 0.3) is 0 Å². The minimum atomic E-state index is -4.64. The Morgan fingerprint density at radius 3 is 2.33 bits per heavy atom. The number of benzene rings is 2. The van der Waals surface area contributed by atoms with Gasteiger partial charge in [-0.05, 0) is 12.1 Å². The van der Waals surface area contributed by atoms with E-state index >= 15 is 0 Å². The van der Waals surface area contributed by atoms with Crippen molar-refractivity contribution in [3.8, 4) is 5.69 Å². The number of carbonyl (C=O) groups excluding carboxylic acids is 1. The molecule has 0 atom stereocenters. The van der Waals surface area contributed by atoms with Gasteiger partial charge in [-0.2, -0.15) is 13.2 Å². The minimum Gasteiger partial charge on any atom is -0.369 e. The lowest BCUT2D eigenvalue weighted by Crippen LogP contribution is -2.16. The van der Waals surface area contributed by atoms with E-state index < -0.39 is 17.5 Å². The molecular formula is C17H12F3N3O. The molecule has 2 aromatic carbocycles. The summed E-state index contributed by atoms with van der Waals surface area (Å²) in [4.78, 5) is 16.5. The Kier molecular flexibility index (Phi) is 3.84. The van der Waals surface area contributed by atoms with E-state index in [9.17, 15) is 18.0 Å². The number of imidazole rings is 1. The van der Waals surface area contributed by atoms with Crippen LogP contribution >= 0.6 is 0 Å². The highest BCUT2D eigenvalue weighted by molar-refractivity contribution is 6.11. The van der Waals surface area contributed by atoms with Gasteiger partial charge in [0.05, 0.1) is 11.3 Å². The molecule has 0 unspecified atom stereocenters. The maximum atomic E-state index is 13.4. The van der Waals surface area contributed by atoms with Crippen LogP contribution in [-0.4, -0.2) is 15.3 Å². The highest BCUT2D eigenvalue weighted by Gasteiger charge is 2.36. The topological polar surface area (TPSA) is 60.9 Å². The van der Waals surface area contributed by atoms with E-state index in [-0.39, 0.29) is 22.8 Å². The Labute approximate surface area is 135 Å². The lowest BCUT2D eigenvalue weighted by Gasteiger charge is -2.17. The molecule has 122 valence electrons. The number of ketones is 1. The zero-order valence-electron chi connectivity index (χ0n) is 12.3. The van der Waals surface area contributed by atoms with E-state index in [0.717, 1.165) is 10.6 Å². The Bertz CT molecular complexity index is 886. The van der Waals surface area contributed by atoms with Crippen molar-refractivity contribution >= 4 is 11.7 Å². The number of hydrogen-bond acceptors (Lipinski definition) is 3. The highest BCUT2D eigenvalue weighted by atomic mass is 19.4. The molecule has 24 heavy (non-hydrogen) atoms. The molecule has 1 heterocycles. The Morgan fingerprint density at radius 2 is 1.75 bits per heavy atom. The van der Waals surface area contributed by atoms with Crippen LogP contribution in [0.3, 0.4) is 0 Å². The predicted molar refractivity (Wildman–Crippen MR) is 82.9 cm³/mol. The van der Waals surface area contributed by atoms with Crippen molar-refractivity contribution in [2.45, 2.75) is 6.18 Å². The first kappa shape index (κ1) is 15.8. The minimum absolute atomic E-state index is 0.0966. The normalized spacial score (nSPS) is 11.5. The number of aromatic nitrogens is 2. The van der Waals surface area contributed by atoms with E-state index in [1.165, 1.54) is 24.5 Å². The second-order valence-electron chi connectivity index (χ2n) is 5.05. The smallest absolute Gasteiger partial charge is 0.369 e. The van der Waals surface area contributed by atoms with Crippen molar-refractivity contribution in [2.24, 2.45) is 0 Å². The van der Waals surface area contributed by atoms with Crippen LogP contribution in [0.4, 0.5) is 19.1 Å². The van der Waals surface area contributed by atoms with Gasteiger partial charge in [-0.25, -0.2) is 4.98 Å². The monoisotopic (exact) mass is 331 g/mol. The second kappa shape index (κ2) is 5.84. The number of alkyl halides is 3. The standard InChI is InChI=1S/C17H12F3N3O/c18-17(19,20)13-8-4-7-12(14(13)23-10-9-22-16(23)21)15(24)11-5-2-1-3-6-11/h1-10H,(H2,21,22). The van der Waals surface area contributed by atoms with Crippen molar-refractivity contribution in [3.63, 3.8) is 0 Å². The van der Waals surface area contributed by atoms with Gasteiger partial charge in [0.1, 0.15) is 0 Å². The van der Waals surface area contributed by atoms with E-state index in [2.05, 4.69) is 4.98 Å². The molecule has 2 N–H and O–H groups in total. The fourth-order valence-electron chi connectivity index (χ4n) is 2.46. The van der Waals surface area contributed by atoms with Crippen LogP contribution in [0.1, 0.15) is 21.5 Å². The highest BCUT2D eigenvalue weighted by Crippen LogP contribution is 2.36. The molecule has 0 spiro atoms. The molecule has 0 radical (unpaired) electrons. The number of hydrogen-bond donors (Lipinski definition) is 1. The van der Waals surface area contributed by atoms with Gasteiger partial charge in [-0.15, -0.1) is 0 Å². The first-order chi connectivity index (χ1) is 11.4. The lowest BCUT2D eigenvalue weighted by atomic mass is 9.98. The molecular weight excluding hydrogens is 319 g/mol. The SMILES string of the molecule is Nc1nccn1-c1c(C(=O)c2ccccc2)cccc1C(F)(F)F. The van der Waals surface area contributed by atoms with E-state index in [4.69, 9.17) is 5.73 Å². The molecule has 0 saturated heterocycles. The lowest BCUT2D eigenvalue weighted by molar-refractivity contribution is -0.137. The molecule has 3 rings (SSSR count). The average Bonchev–Trinajstić information content (AvgIpc) is 2.99. The summed E-state index contributed by atoms with van der Waals surface area (Å²) in [5.74, 6) is -0.654. The largest absolute Gasteiger partial charge is 0.418 e. The van der Waals surface area contributed by atoms with Crippen LogP contribution < -0.4 is 5.73 Å². The zero-order valence-corrected chi connectivity index (χ0v) is 12.3. The summed E-state index contributed by atoms with van der Waals surface area (Å²) >= 11 is 0. The molecule has 3 aromatic rings. The van der Waals surface area contributed by atoms with Gasteiger partial charge in [0.15, 0.2) is 5.78 Å². The molecule has 7 heteroatoms. The third-order valence-electron chi connectivity index (χ3n) is 3.53. The third kappa shape index (κ3) is 2.76. The maximum absolute atomic E-state index is 13.4. The Hall–Kier alpha value is -3.09. The van der Waals surface area contributed by atoms with Crippen LogP contribution in [0.15, 0.2) is 60.9 Å². The predicted octanol–water partition coefficient (Wildman–Crippen LogP) is 3.70. The van der Waals surface area contributed by atoms with Crippen LogP contribution in [0.2, 0.25) is 0 Å². The molecule has 0 aliphatic carbocycles. The van der Waals surface area contributed by atoms with Crippen molar-refractivity contribution in [2.75, 3.05) is 5.73 Å². The summed E-state index contributed by atoms with van der Waals surface area (Å²) in [5, 5.41) is 0. The van der Waals surface area contributed by atoms with Crippen molar-refractivity contribution in [1.29, 1.82) is 0 Å². The molecule has 0 aliphatic heterocycles. The fourth-order valence-corrected chi connectivity index (χ4v) is 2.46. The number of para-hydroxylation sites is 1. The van der Waals surface area contributed by atoms with Gasteiger partial charge in [0.2, 0.25) is 5.95 Å². The second-order valence-corrected chi connectivity index (χ2v) is 5.05. The van der Waals surface area contributed by atoms with Crippen LogP contribution in [-0.2, 0) is 6.18 Å². The third-order valence-corrected chi connectivity index (χ3v) is 3.53. The van der Waals surface area contributed by atoms with Gasteiger partial charge in [0, 0.05) is 23.5 Å². The first-order valence-electron chi connectivity index (χ1n) is 6.98. The number of halogens is 3. The van der Waals surface area contributed by atoms with Crippen LogP contribution in [0.25, 0.3) is 5.69 Å². The maximum Gasteiger partial charge on any atom is 0.418 e. The van der Waals surface area contributed by atoms with E-state index in [1.807, 2.05) is 0 Å². The summed E-state index contributed by atoms with van der Waals surface area (Å²) in [7, 11) is 0. The fraction of sp³-hybridized carbons (Fsp3) is 0.0588. The number of nitrogens with two attached hydrogens (primary N) is 1. The summed E-state index contributed by atoms with van der Waals surface area (Å²) in [5.41, 5.74) is 4.58. The summed E-state index contributed by atoms with van der Waals surface area (Å²) in [6.45, 7) is 0. The average molecular weight is 331 g/mol. The molecule has 0 fully saturated rings. The van der Waals surface area contributed by atoms with E-state index in [1.54, 1.807) is 30.3 Å². The van der Waals surface area contributed by atoms with Crippen molar-refractivity contribution in [3.05, 3.63) is 77.6 Å². The molecule has 0 saturated carbocycles. The Balaban J connectivity index is 2.28. The van der Waals surface area contributed by atoms with Crippen molar-refractivity contribution in [1.82, 2.24) is 9.55 Å². The van der Waals surface area contributed by atoms with Crippen LogP contribution in [0, 0.1) is 0 Å². The molecule has 4 nitrogen and oxygen atoms in total. The van der Waals surface area contributed by atoms with Gasteiger partial charge >= 0.3 is 6.18 Å².